The molecule has 8 heavy (non-hydrogen) atoms. The lowest BCUT2D eigenvalue weighted by Gasteiger charge is -1.76. The van der Waals surface area contributed by atoms with Crippen molar-refractivity contribution >= 4 is 5.78 Å². The molecular weight excluding hydrogens is 100 g/mol. The zero-order valence-corrected chi connectivity index (χ0v) is 5.05. The van der Waals surface area contributed by atoms with Gasteiger partial charge < -0.3 is 0 Å². The van der Waals surface area contributed by atoms with Gasteiger partial charge >= 0.3 is 0 Å². The fourth-order valence-electron chi connectivity index (χ4n) is 0.302. The van der Waals surface area contributed by atoms with Crippen molar-refractivity contribution in [2.75, 3.05) is 0 Å². The second-order valence-corrected chi connectivity index (χ2v) is 1.42. The number of carbonyl (C=O) groups is 1. The molecule has 0 saturated carbocycles. The van der Waals surface area contributed by atoms with E-state index in [2.05, 4.69) is 6.58 Å². The first-order valence-electron chi connectivity index (χ1n) is 2.64. The van der Waals surface area contributed by atoms with Crippen LogP contribution in [0.1, 0.15) is 13.3 Å². The van der Waals surface area contributed by atoms with Gasteiger partial charge in [-0.3, -0.25) is 4.79 Å². The largest absolute Gasteiger partial charge is 0.290 e. The molecular formula is C7H10O. The van der Waals surface area contributed by atoms with E-state index in [1.54, 1.807) is 0 Å². The van der Waals surface area contributed by atoms with Gasteiger partial charge in [-0.25, -0.2) is 0 Å². The topological polar surface area (TPSA) is 17.1 Å². The van der Waals surface area contributed by atoms with Crippen LogP contribution in [-0.4, -0.2) is 5.78 Å². The molecule has 0 saturated heterocycles. The smallest absolute Gasteiger partial charge is 0.177 e. The summed E-state index contributed by atoms with van der Waals surface area (Å²) >= 11 is 0. The van der Waals surface area contributed by atoms with E-state index in [1.165, 1.54) is 12.2 Å². The summed E-state index contributed by atoms with van der Waals surface area (Å²) in [6.45, 7) is 5.29. The van der Waals surface area contributed by atoms with Gasteiger partial charge in [0, 0.05) is 0 Å². The Morgan fingerprint density at radius 1 is 1.75 bits per heavy atom. The van der Waals surface area contributed by atoms with Crippen molar-refractivity contribution in [2.24, 2.45) is 0 Å². The third-order valence-corrected chi connectivity index (χ3v) is 0.719. The van der Waals surface area contributed by atoms with Crippen LogP contribution >= 0.6 is 0 Å². The van der Waals surface area contributed by atoms with E-state index in [9.17, 15) is 4.79 Å². The third kappa shape index (κ3) is 3.34. The van der Waals surface area contributed by atoms with E-state index in [0.29, 0.717) is 0 Å². The van der Waals surface area contributed by atoms with Crippen LogP contribution < -0.4 is 0 Å². The van der Waals surface area contributed by atoms with Crippen LogP contribution in [0, 0.1) is 0 Å². The number of ketones is 1. The van der Waals surface area contributed by atoms with Crippen LogP contribution in [0.3, 0.4) is 0 Å². The van der Waals surface area contributed by atoms with E-state index < -0.39 is 0 Å². The molecule has 0 fully saturated rings. The Hall–Kier alpha value is -0.850. The van der Waals surface area contributed by atoms with E-state index in [1.807, 2.05) is 13.0 Å². The Balaban J connectivity index is 3.52. The molecule has 0 aliphatic carbocycles. The van der Waals surface area contributed by atoms with Crippen LogP contribution in [0.4, 0.5) is 0 Å². The van der Waals surface area contributed by atoms with Crippen molar-refractivity contribution in [2.45, 2.75) is 13.3 Å². The normalized spacial score (nSPS) is 9.62. The summed E-state index contributed by atoms with van der Waals surface area (Å²) in [5.74, 6) is -0.0214. The summed E-state index contributed by atoms with van der Waals surface area (Å²) in [5, 5.41) is 0. The van der Waals surface area contributed by atoms with Crippen molar-refractivity contribution in [3.63, 3.8) is 0 Å². The zero-order chi connectivity index (χ0) is 6.41. The minimum absolute atomic E-state index is 0.0214. The SMILES string of the molecule is C=CC(=O)/C=C\CC. The zero-order valence-electron chi connectivity index (χ0n) is 5.05. The van der Waals surface area contributed by atoms with Gasteiger partial charge in [-0.05, 0) is 18.6 Å². The number of hydrogen-bond donors (Lipinski definition) is 0. The Labute approximate surface area is 49.7 Å². The molecule has 0 bridgehead atoms. The predicted octanol–water partition coefficient (Wildman–Crippen LogP) is 1.71. The molecule has 0 spiro atoms. The fraction of sp³-hybridized carbons (Fsp3) is 0.286. The fourth-order valence-corrected chi connectivity index (χ4v) is 0.302. The lowest BCUT2D eigenvalue weighted by Crippen LogP contribution is -1.80. The standard InChI is InChI=1S/C7H10O/c1-3-5-6-7(8)4-2/h4-6H,2-3H2,1H3/b6-5-. The summed E-state index contributed by atoms with van der Waals surface area (Å²) in [4.78, 5) is 10.4. The predicted molar refractivity (Wildman–Crippen MR) is 34.6 cm³/mol. The van der Waals surface area contributed by atoms with Gasteiger partial charge in [0.25, 0.3) is 0 Å². The first-order chi connectivity index (χ1) is 3.81. The third-order valence-electron chi connectivity index (χ3n) is 0.719. The average Bonchev–Trinajstić information content (AvgIpc) is 1.83. The highest BCUT2D eigenvalue weighted by atomic mass is 16.1. The van der Waals surface area contributed by atoms with E-state index in [0.717, 1.165) is 6.42 Å². The molecule has 0 aliphatic rings. The second-order valence-electron chi connectivity index (χ2n) is 1.42. The minimum Gasteiger partial charge on any atom is -0.290 e. The Bertz CT molecular complexity index is 112. The van der Waals surface area contributed by atoms with E-state index in [-0.39, 0.29) is 5.78 Å². The van der Waals surface area contributed by atoms with E-state index in [4.69, 9.17) is 0 Å². The van der Waals surface area contributed by atoms with Gasteiger partial charge in [0.05, 0.1) is 0 Å². The molecule has 0 unspecified atom stereocenters. The van der Waals surface area contributed by atoms with E-state index >= 15 is 0 Å². The number of hydrogen-bond acceptors (Lipinski definition) is 1. The van der Waals surface area contributed by atoms with Gasteiger partial charge in [0.1, 0.15) is 0 Å². The van der Waals surface area contributed by atoms with Gasteiger partial charge in [0.2, 0.25) is 0 Å². The summed E-state index contributed by atoms with van der Waals surface area (Å²) in [7, 11) is 0. The molecule has 0 rings (SSSR count). The highest BCUT2D eigenvalue weighted by molar-refractivity contribution is 5.98. The Kier molecular flexibility index (Phi) is 3.85. The van der Waals surface area contributed by atoms with Crippen molar-refractivity contribution < 1.29 is 4.79 Å². The van der Waals surface area contributed by atoms with Crippen molar-refractivity contribution in [1.82, 2.24) is 0 Å². The maximum atomic E-state index is 10.4. The Morgan fingerprint density at radius 3 is 2.75 bits per heavy atom. The summed E-state index contributed by atoms with van der Waals surface area (Å²) in [6, 6.07) is 0. The van der Waals surface area contributed by atoms with Crippen LogP contribution in [0.2, 0.25) is 0 Å². The van der Waals surface area contributed by atoms with Crippen LogP contribution in [0.25, 0.3) is 0 Å². The molecule has 44 valence electrons. The van der Waals surface area contributed by atoms with Gasteiger partial charge in [-0.2, -0.15) is 0 Å². The number of rotatable bonds is 3. The molecule has 0 aromatic rings. The van der Waals surface area contributed by atoms with Crippen LogP contribution in [-0.2, 0) is 4.79 Å². The Morgan fingerprint density at radius 2 is 2.38 bits per heavy atom. The molecule has 0 radical (unpaired) electrons. The molecule has 0 aromatic carbocycles. The second kappa shape index (κ2) is 4.31. The van der Waals surface area contributed by atoms with Gasteiger partial charge in [-0.15, -0.1) is 0 Å². The first-order valence-corrected chi connectivity index (χ1v) is 2.64. The maximum Gasteiger partial charge on any atom is 0.177 e. The summed E-state index contributed by atoms with van der Waals surface area (Å²) in [6.07, 6.45) is 5.53. The molecule has 0 atom stereocenters. The highest BCUT2D eigenvalue weighted by Crippen LogP contribution is 1.80. The number of carbonyl (C=O) groups excluding carboxylic acids is 1. The maximum absolute atomic E-state index is 10.4. The number of allylic oxidation sites excluding steroid dienone is 3. The lowest BCUT2D eigenvalue weighted by atomic mass is 10.3. The molecule has 0 amide bonds. The minimum atomic E-state index is -0.0214. The summed E-state index contributed by atoms with van der Waals surface area (Å²) < 4.78 is 0. The van der Waals surface area contributed by atoms with Crippen LogP contribution in [0.5, 0.6) is 0 Å². The molecule has 1 heteroatoms. The van der Waals surface area contributed by atoms with Gasteiger partial charge in [0.15, 0.2) is 5.78 Å². The first kappa shape index (κ1) is 7.15. The quantitative estimate of drug-likeness (QED) is 0.505. The average molecular weight is 110 g/mol. The highest BCUT2D eigenvalue weighted by Gasteiger charge is 1.80. The molecule has 0 aromatic heterocycles. The lowest BCUT2D eigenvalue weighted by molar-refractivity contribution is -0.110. The van der Waals surface area contributed by atoms with Crippen molar-refractivity contribution in [3.8, 4) is 0 Å². The molecule has 1 nitrogen and oxygen atoms in total. The van der Waals surface area contributed by atoms with Gasteiger partial charge in [-0.1, -0.05) is 19.6 Å². The van der Waals surface area contributed by atoms with Crippen molar-refractivity contribution in [3.05, 3.63) is 24.8 Å². The van der Waals surface area contributed by atoms with Crippen LogP contribution in [0.15, 0.2) is 24.8 Å². The molecule has 0 heterocycles. The molecule has 0 N–H and O–H groups in total. The monoisotopic (exact) mass is 110 g/mol. The molecule has 0 aliphatic heterocycles. The summed E-state index contributed by atoms with van der Waals surface area (Å²) in [5.41, 5.74) is 0. The van der Waals surface area contributed by atoms with Crippen molar-refractivity contribution in [1.29, 1.82) is 0 Å².